The van der Waals surface area contributed by atoms with E-state index in [2.05, 4.69) is 28.8 Å². The van der Waals surface area contributed by atoms with Crippen LogP contribution in [-0.4, -0.2) is 25.2 Å². The molecule has 2 aromatic rings. The zero-order chi connectivity index (χ0) is 19.9. The van der Waals surface area contributed by atoms with E-state index in [1.165, 1.54) is 12.1 Å². The second-order valence-electron chi connectivity index (χ2n) is 7.11. The van der Waals surface area contributed by atoms with Crippen molar-refractivity contribution < 1.29 is 18.6 Å². The van der Waals surface area contributed by atoms with Crippen molar-refractivity contribution in [3.05, 3.63) is 72.3 Å². The van der Waals surface area contributed by atoms with Gasteiger partial charge >= 0.3 is 0 Å². The van der Waals surface area contributed by atoms with E-state index in [0.29, 0.717) is 5.56 Å². The second-order valence-corrected chi connectivity index (χ2v) is 8.88. The molecule has 0 saturated carbocycles. The van der Waals surface area contributed by atoms with Crippen LogP contribution in [0.4, 0.5) is 5.69 Å². The van der Waals surface area contributed by atoms with E-state index in [4.69, 9.17) is 0 Å². The number of hydrogen-bond donors (Lipinski definition) is 4. The second kappa shape index (κ2) is 7.00. The van der Waals surface area contributed by atoms with E-state index in [1.54, 1.807) is 30.3 Å². The van der Waals surface area contributed by atoms with Crippen LogP contribution < -0.4 is 10.0 Å². The average Bonchev–Trinajstić information content (AvgIpc) is 3.16. The van der Waals surface area contributed by atoms with Crippen molar-refractivity contribution in [1.29, 1.82) is 0 Å². The number of rotatable bonds is 5. The fraction of sp³-hybridized carbons (Fsp3) is 0.238. The van der Waals surface area contributed by atoms with Crippen LogP contribution in [0, 0.1) is 5.92 Å². The summed E-state index contributed by atoms with van der Waals surface area (Å²) >= 11 is 0. The minimum atomic E-state index is -3.60. The number of nitrogens with one attached hydrogen (secondary N) is 2. The minimum Gasteiger partial charge on any atom is -0.508 e. The maximum absolute atomic E-state index is 12.5. The summed E-state index contributed by atoms with van der Waals surface area (Å²) in [6.45, 7) is 3.71. The summed E-state index contributed by atoms with van der Waals surface area (Å²) < 4.78 is 27.5. The molecule has 0 saturated heterocycles. The Hall–Kier alpha value is -2.77. The molecule has 1 heterocycles. The predicted molar refractivity (Wildman–Crippen MR) is 108 cm³/mol. The normalized spacial score (nSPS) is 22.9. The van der Waals surface area contributed by atoms with E-state index in [1.807, 2.05) is 0 Å². The molecule has 3 unspecified atom stereocenters. The molecule has 0 fully saturated rings. The highest BCUT2D eigenvalue weighted by molar-refractivity contribution is 7.89. The summed E-state index contributed by atoms with van der Waals surface area (Å²) in [5, 5.41) is 23.4. The molecule has 6 nitrogen and oxygen atoms in total. The summed E-state index contributed by atoms with van der Waals surface area (Å²) in [6.07, 6.45) is 6.51. The molecule has 0 aromatic heterocycles. The van der Waals surface area contributed by atoms with Gasteiger partial charge in [-0.05, 0) is 48.2 Å². The van der Waals surface area contributed by atoms with Gasteiger partial charge in [-0.2, -0.15) is 0 Å². The molecule has 2 aliphatic rings. The van der Waals surface area contributed by atoms with Crippen LogP contribution in [-0.2, 0) is 10.0 Å². The number of benzene rings is 2. The Morgan fingerprint density at radius 2 is 2.00 bits per heavy atom. The van der Waals surface area contributed by atoms with E-state index in [-0.39, 0.29) is 40.8 Å². The fourth-order valence-corrected chi connectivity index (χ4v) is 5.13. The van der Waals surface area contributed by atoms with Crippen LogP contribution in [0.1, 0.15) is 29.5 Å². The maximum Gasteiger partial charge on any atom is 0.240 e. The lowest BCUT2D eigenvalue weighted by atomic mass is 9.77. The van der Waals surface area contributed by atoms with Crippen molar-refractivity contribution in [2.45, 2.75) is 23.3 Å². The van der Waals surface area contributed by atoms with Crippen LogP contribution in [0.15, 0.2) is 66.1 Å². The zero-order valence-corrected chi connectivity index (χ0v) is 16.0. The van der Waals surface area contributed by atoms with Gasteiger partial charge in [-0.1, -0.05) is 18.2 Å². The molecule has 2 aromatic carbocycles. The van der Waals surface area contributed by atoms with Gasteiger partial charge in [-0.15, -0.1) is 6.58 Å². The Morgan fingerprint density at radius 1 is 1.18 bits per heavy atom. The predicted octanol–water partition coefficient (Wildman–Crippen LogP) is 3.39. The smallest absolute Gasteiger partial charge is 0.240 e. The Morgan fingerprint density at radius 3 is 2.75 bits per heavy atom. The van der Waals surface area contributed by atoms with Gasteiger partial charge in [0.15, 0.2) is 0 Å². The van der Waals surface area contributed by atoms with Gasteiger partial charge in [0, 0.05) is 29.8 Å². The molecule has 146 valence electrons. The van der Waals surface area contributed by atoms with Gasteiger partial charge < -0.3 is 15.5 Å². The molecule has 0 amide bonds. The molecule has 3 atom stereocenters. The Labute approximate surface area is 164 Å². The number of anilines is 1. The molecule has 4 N–H and O–H groups in total. The van der Waals surface area contributed by atoms with Gasteiger partial charge in [0.25, 0.3) is 0 Å². The van der Waals surface area contributed by atoms with Crippen LogP contribution in [0.5, 0.6) is 11.5 Å². The van der Waals surface area contributed by atoms with E-state index in [9.17, 15) is 18.6 Å². The van der Waals surface area contributed by atoms with Crippen LogP contribution >= 0.6 is 0 Å². The molecule has 0 spiro atoms. The highest BCUT2D eigenvalue weighted by atomic mass is 32.2. The van der Waals surface area contributed by atoms with Gasteiger partial charge in [0.2, 0.25) is 10.0 Å². The summed E-state index contributed by atoms with van der Waals surface area (Å²) in [5.74, 6) is 0.242. The molecule has 4 rings (SSSR count). The maximum atomic E-state index is 12.5. The minimum absolute atomic E-state index is 0.0143. The summed E-state index contributed by atoms with van der Waals surface area (Å²) in [4.78, 5) is 0.222. The zero-order valence-electron chi connectivity index (χ0n) is 15.2. The SMILES string of the molecule is C=CCNS(=O)(=O)c1ccc2c(c1)C1C=CCC1C(c1ccc(O)cc1O)N2. The number of fused-ring (bicyclic) bond motifs is 3. The Balaban J connectivity index is 1.74. The lowest BCUT2D eigenvalue weighted by Gasteiger charge is -2.38. The van der Waals surface area contributed by atoms with Crippen LogP contribution in [0.3, 0.4) is 0 Å². The van der Waals surface area contributed by atoms with Crippen molar-refractivity contribution in [3.63, 3.8) is 0 Å². The first-order chi connectivity index (χ1) is 13.4. The molecule has 0 bridgehead atoms. The largest absolute Gasteiger partial charge is 0.508 e. The third-order valence-corrected chi connectivity index (χ3v) is 6.83. The number of phenolic OH excluding ortho intramolecular Hbond substituents is 2. The summed E-state index contributed by atoms with van der Waals surface area (Å²) in [7, 11) is -3.60. The third kappa shape index (κ3) is 3.16. The van der Waals surface area contributed by atoms with Gasteiger partial charge in [-0.3, -0.25) is 0 Å². The van der Waals surface area contributed by atoms with Gasteiger partial charge in [0.1, 0.15) is 11.5 Å². The Bertz CT molecular complexity index is 1060. The molecular weight excluding hydrogens is 376 g/mol. The van der Waals surface area contributed by atoms with Crippen molar-refractivity contribution in [2.24, 2.45) is 5.92 Å². The number of phenols is 2. The highest BCUT2D eigenvalue weighted by Crippen LogP contribution is 2.51. The number of hydrogen-bond acceptors (Lipinski definition) is 5. The molecular formula is C21H22N2O4S. The molecule has 1 aliphatic carbocycles. The monoisotopic (exact) mass is 398 g/mol. The lowest BCUT2D eigenvalue weighted by Crippen LogP contribution is -2.30. The van der Waals surface area contributed by atoms with Crippen molar-refractivity contribution >= 4 is 15.7 Å². The first-order valence-electron chi connectivity index (χ1n) is 9.10. The average molecular weight is 398 g/mol. The van der Waals surface area contributed by atoms with Gasteiger partial charge in [0.05, 0.1) is 10.9 Å². The quantitative estimate of drug-likeness (QED) is 0.579. The summed E-state index contributed by atoms with van der Waals surface area (Å²) in [5.41, 5.74) is 2.48. The number of sulfonamides is 1. The summed E-state index contributed by atoms with van der Waals surface area (Å²) in [6, 6.07) is 9.54. The first kappa shape index (κ1) is 18.6. The van der Waals surface area contributed by atoms with E-state index < -0.39 is 10.0 Å². The van der Waals surface area contributed by atoms with Crippen LogP contribution in [0.25, 0.3) is 0 Å². The van der Waals surface area contributed by atoms with E-state index >= 15 is 0 Å². The van der Waals surface area contributed by atoms with Crippen molar-refractivity contribution in [2.75, 3.05) is 11.9 Å². The van der Waals surface area contributed by atoms with Gasteiger partial charge in [-0.25, -0.2) is 13.1 Å². The van der Waals surface area contributed by atoms with Crippen LogP contribution in [0.2, 0.25) is 0 Å². The van der Waals surface area contributed by atoms with Crippen molar-refractivity contribution in [3.8, 4) is 11.5 Å². The fourth-order valence-electron chi connectivity index (χ4n) is 4.09. The lowest BCUT2D eigenvalue weighted by molar-refractivity contribution is 0.398. The number of aromatic hydroxyl groups is 2. The molecule has 7 heteroatoms. The number of allylic oxidation sites excluding steroid dienone is 2. The van der Waals surface area contributed by atoms with Crippen molar-refractivity contribution in [1.82, 2.24) is 4.72 Å². The third-order valence-electron chi connectivity index (χ3n) is 5.41. The Kier molecular flexibility index (Phi) is 4.64. The van der Waals surface area contributed by atoms with E-state index in [0.717, 1.165) is 17.7 Å². The first-order valence-corrected chi connectivity index (χ1v) is 10.6. The molecule has 0 radical (unpaired) electrons. The standard InChI is InChI=1S/C21H22N2O4S/c1-2-10-22-28(26,27)14-7-9-19-18(12-14)15-4-3-5-16(15)21(23-19)17-8-6-13(24)11-20(17)25/h2-4,6-9,11-12,15-16,21-25H,1,5,10H2. The topological polar surface area (TPSA) is 98.7 Å². The highest BCUT2D eigenvalue weighted by Gasteiger charge is 2.39. The molecule has 28 heavy (non-hydrogen) atoms. The molecule has 1 aliphatic heterocycles.